The largest absolute Gasteiger partial charge is 0.507 e. The van der Waals surface area contributed by atoms with E-state index in [1.165, 1.54) is 14.2 Å². The highest BCUT2D eigenvalue weighted by Gasteiger charge is 1.88. The molecule has 3 nitrogen and oxygen atoms in total. The molecule has 1 aromatic carbocycles. The Morgan fingerprint density at radius 2 is 0.875 bits per heavy atom. The molecule has 0 saturated carbocycles. The molecule has 0 aromatic heterocycles. The maximum atomic E-state index is 9.74. The third kappa shape index (κ3) is 22.9. The lowest BCUT2D eigenvalue weighted by molar-refractivity contribution is 0.0924. The molecule has 0 amide bonds. The lowest BCUT2D eigenvalue weighted by Crippen LogP contribution is -1.97. The normalized spacial score (nSPS) is 6.38. The number of hydrogen-bond donors (Lipinski definition) is 0. The number of ether oxygens (including phenoxy) is 2. The molecular formula is C13H24O3. The molecule has 1 rings (SSSR count). The summed E-state index contributed by atoms with van der Waals surface area (Å²) >= 11 is 0. The summed E-state index contributed by atoms with van der Waals surface area (Å²) in [5.41, 5.74) is 0. The molecule has 0 heterocycles. The monoisotopic (exact) mass is 228 g/mol. The third-order valence-corrected chi connectivity index (χ3v) is 1.00. The van der Waals surface area contributed by atoms with E-state index >= 15 is 0 Å². The van der Waals surface area contributed by atoms with E-state index in [9.17, 15) is 4.79 Å². The van der Waals surface area contributed by atoms with Gasteiger partial charge in [0.05, 0.1) is 14.2 Å². The van der Waals surface area contributed by atoms with Gasteiger partial charge in [0.15, 0.2) is 0 Å². The van der Waals surface area contributed by atoms with Gasteiger partial charge in [-0.3, -0.25) is 0 Å². The maximum Gasteiger partial charge on any atom is 0.507 e. The van der Waals surface area contributed by atoms with Gasteiger partial charge in [-0.15, -0.1) is 0 Å². The first kappa shape index (κ1) is 20.0. The average molecular weight is 228 g/mol. The molecule has 0 spiro atoms. The van der Waals surface area contributed by atoms with Crippen LogP contribution in [-0.4, -0.2) is 20.4 Å². The number of carbonyl (C=O) groups excluding carboxylic acids is 1. The van der Waals surface area contributed by atoms with E-state index in [0.29, 0.717) is 0 Å². The lowest BCUT2D eigenvalue weighted by Gasteiger charge is -1.89. The summed E-state index contributed by atoms with van der Waals surface area (Å²) in [6.45, 7) is 8.00. The van der Waals surface area contributed by atoms with E-state index in [4.69, 9.17) is 0 Å². The average Bonchev–Trinajstić information content (AvgIpc) is 2.45. The second-order valence-electron chi connectivity index (χ2n) is 1.81. The van der Waals surface area contributed by atoms with Crippen LogP contribution >= 0.6 is 0 Å². The Hall–Kier alpha value is -1.51. The van der Waals surface area contributed by atoms with E-state index < -0.39 is 6.16 Å². The minimum Gasteiger partial charge on any atom is -0.438 e. The summed E-state index contributed by atoms with van der Waals surface area (Å²) in [6.07, 6.45) is -0.657. The number of benzene rings is 1. The molecule has 3 heteroatoms. The summed E-state index contributed by atoms with van der Waals surface area (Å²) in [5.74, 6) is 0. The lowest BCUT2D eigenvalue weighted by atomic mass is 10.4. The van der Waals surface area contributed by atoms with Crippen molar-refractivity contribution in [2.75, 3.05) is 14.2 Å². The Labute approximate surface area is 99.4 Å². The van der Waals surface area contributed by atoms with Crippen molar-refractivity contribution in [1.82, 2.24) is 0 Å². The zero-order valence-electron chi connectivity index (χ0n) is 11.2. The van der Waals surface area contributed by atoms with Gasteiger partial charge in [0.2, 0.25) is 0 Å². The van der Waals surface area contributed by atoms with E-state index in [1.807, 2.05) is 64.1 Å². The van der Waals surface area contributed by atoms with Crippen LogP contribution < -0.4 is 0 Å². The van der Waals surface area contributed by atoms with Crippen LogP contribution in [0.4, 0.5) is 4.79 Å². The number of rotatable bonds is 0. The first-order valence-electron chi connectivity index (χ1n) is 5.43. The molecule has 0 aliphatic rings. The van der Waals surface area contributed by atoms with Crippen LogP contribution in [0, 0.1) is 0 Å². The minimum atomic E-state index is -0.657. The number of hydrogen-bond acceptors (Lipinski definition) is 3. The predicted molar refractivity (Wildman–Crippen MR) is 68.6 cm³/mol. The SMILES string of the molecule is CC.CC.COC(=O)OC.c1ccccc1. The molecule has 94 valence electrons. The molecule has 0 radical (unpaired) electrons. The third-order valence-electron chi connectivity index (χ3n) is 1.00. The second kappa shape index (κ2) is 23.4. The number of methoxy groups -OCH3 is 2. The second-order valence-corrected chi connectivity index (χ2v) is 1.81. The van der Waals surface area contributed by atoms with Crippen LogP contribution in [0.3, 0.4) is 0 Å². The summed E-state index contributed by atoms with van der Waals surface area (Å²) in [4.78, 5) is 9.74. The molecular weight excluding hydrogens is 204 g/mol. The van der Waals surface area contributed by atoms with Gasteiger partial charge in [-0.1, -0.05) is 64.1 Å². The highest BCUT2D eigenvalue weighted by molar-refractivity contribution is 5.59. The fourth-order valence-corrected chi connectivity index (χ4v) is 0.468. The molecule has 0 saturated heterocycles. The summed E-state index contributed by atoms with van der Waals surface area (Å²) < 4.78 is 8.08. The highest BCUT2D eigenvalue weighted by Crippen LogP contribution is 1.79. The van der Waals surface area contributed by atoms with Gasteiger partial charge >= 0.3 is 6.16 Å². The van der Waals surface area contributed by atoms with Crippen LogP contribution in [0.25, 0.3) is 0 Å². The van der Waals surface area contributed by atoms with Gasteiger partial charge < -0.3 is 9.47 Å². The first-order chi connectivity index (χ1) is 7.81. The van der Waals surface area contributed by atoms with Crippen molar-refractivity contribution >= 4 is 6.16 Å². The van der Waals surface area contributed by atoms with E-state index in [2.05, 4.69) is 9.47 Å². The van der Waals surface area contributed by atoms with Crippen LogP contribution in [-0.2, 0) is 9.47 Å². The first-order valence-corrected chi connectivity index (χ1v) is 5.43. The van der Waals surface area contributed by atoms with Crippen molar-refractivity contribution < 1.29 is 14.3 Å². The predicted octanol–water partition coefficient (Wildman–Crippen LogP) is 4.14. The van der Waals surface area contributed by atoms with Gasteiger partial charge in [-0.05, 0) is 0 Å². The van der Waals surface area contributed by atoms with Gasteiger partial charge in [0.1, 0.15) is 0 Å². The summed E-state index contributed by atoms with van der Waals surface area (Å²) in [5, 5.41) is 0. The van der Waals surface area contributed by atoms with E-state index in [-0.39, 0.29) is 0 Å². The van der Waals surface area contributed by atoms with Crippen LogP contribution in [0.1, 0.15) is 27.7 Å². The van der Waals surface area contributed by atoms with E-state index in [0.717, 1.165) is 0 Å². The zero-order chi connectivity index (χ0) is 13.2. The molecule has 0 bridgehead atoms. The molecule has 0 fully saturated rings. The van der Waals surface area contributed by atoms with Crippen molar-refractivity contribution in [3.8, 4) is 0 Å². The molecule has 0 aliphatic carbocycles. The van der Waals surface area contributed by atoms with Gasteiger partial charge in [-0.25, -0.2) is 4.79 Å². The molecule has 1 aromatic rings. The van der Waals surface area contributed by atoms with Crippen LogP contribution in [0.5, 0.6) is 0 Å². The standard InChI is InChI=1S/C6H6.C3H6O3.2C2H6/c1-2-4-6-5-3-1;1-5-3(4)6-2;2*1-2/h1-6H;1-2H3;2*1-2H3. The molecule has 0 aliphatic heterocycles. The fourth-order valence-electron chi connectivity index (χ4n) is 0.468. The molecule has 0 N–H and O–H groups in total. The van der Waals surface area contributed by atoms with Crippen LogP contribution in [0.2, 0.25) is 0 Å². The Bertz CT molecular complexity index is 165. The Balaban J connectivity index is -0.000000162. The van der Waals surface area contributed by atoms with Crippen molar-refractivity contribution in [2.24, 2.45) is 0 Å². The Kier molecular flexibility index (Phi) is 29.2. The quantitative estimate of drug-likeness (QED) is 0.626. The van der Waals surface area contributed by atoms with Gasteiger partial charge in [-0.2, -0.15) is 0 Å². The van der Waals surface area contributed by atoms with E-state index in [1.54, 1.807) is 0 Å². The van der Waals surface area contributed by atoms with Gasteiger partial charge in [0.25, 0.3) is 0 Å². The highest BCUT2D eigenvalue weighted by atomic mass is 16.7. The topological polar surface area (TPSA) is 35.5 Å². The smallest absolute Gasteiger partial charge is 0.438 e. The molecule has 16 heavy (non-hydrogen) atoms. The molecule has 0 atom stereocenters. The zero-order valence-corrected chi connectivity index (χ0v) is 11.2. The fraction of sp³-hybridized carbons (Fsp3) is 0.462. The number of carbonyl (C=O) groups is 1. The summed E-state index contributed by atoms with van der Waals surface area (Å²) in [7, 11) is 2.51. The minimum absolute atomic E-state index is 0.657. The van der Waals surface area contributed by atoms with Crippen molar-refractivity contribution in [3.63, 3.8) is 0 Å². The maximum absolute atomic E-state index is 9.74. The Morgan fingerprint density at radius 1 is 0.688 bits per heavy atom. The Morgan fingerprint density at radius 3 is 0.938 bits per heavy atom. The van der Waals surface area contributed by atoms with Gasteiger partial charge in [0, 0.05) is 0 Å². The van der Waals surface area contributed by atoms with Crippen LogP contribution in [0.15, 0.2) is 36.4 Å². The van der Waals surface area contributed by atoms with Crippen molar-refractivity contribution in [3.05, 3.63) is 36.4 Å². The van der Waals surface area contributed by atoms with Crippen molar-refractivity contribution in [1.29, 1.82) is 0 Å². The molecule has 0 unspecified atom stereocenters. The van der Waals surface area contributed by atoms with Crippen molar-refractivity contribution in [2.45, 2.75) is 27.7 Å². The summed E-state index contributed by atoms with van der Waals surface area (Å²) in [6, 6.07) is 12.0.